The Morgan fingerprint density at radius 1 is 1.07 bits per heavy atom. The van der Waals surface area contributed by atoms with E-state index in [4.69, 9.17) is 0 Å². The fourth-order valence-electron chi connectivity index (χ4n) is 8.84. The monoisotopic (exact) mass is 370 g/mol. The molecular weight excluding hydrogens is 332 g/mol. The lowest BCUT2D eigenvalue weighted by molar-refractivity contribution is -0.176. The van der Waals surface area contributed by atoms with Gasteiger partial charge in [0, 0.05) is 31.6 Å². The second-order valence-electron chi connectivity index (χ2n) is 11.1. The summed E-state index contributed by atoms with van der Waals surface area (Å²) in [6.45, 7) is 13.1. The highest BCUT2D eigenvalue weighted by Gasteiger charge is 2.65. The molecule has 150 valence electrons. The SMILES string of the molecule is C=C1C[C@@]23CC[C@H]4[C@@](C)(CCC[C@@]4(C)C(=O)N4CCNCC4)[C@@H]2CC[C@@H]1C3. The molecule has 5 aliphatic rings. The quantitative estimate of drug-likeness (QED) is 0.695. The molecule has 0 aromatic rings. The third-order valence-corrected chi connectivity index (χ3v) is 9.95. The first kappa shape index (κ1) is 18.2. The molecule has 0 aromatic carbocycles. The van der Waals surface area contributed by atoms with Gasteiger partial charge >= 0.3 is 0 Å². The molecule has 1 aliphatic heterocycles. The number of nitrogens with one attached hydrogen (secondary N) is 1. The van der Waals surface area contributed by atoms with Gasteiger partial charge in [-0.15, -0.1) is 0 Å². The summed E-state index contributed by atoms with van der Waals surface area (Å²) < 4.78 is 0. The number of fused-ring (bicyclic) bond motifs is 3. The van der Waals surface area contributed by atoms with E-state index in [0.717, 1.165) is 44.4 Å². The highest BCUT2D eigenvalue weighted by molar-refractivity contribution is 5.83. The minimum Gasteiger partial charge on any atom is -0.340 e. The Balaban J connectivity index is 1.47. The lowest BCUT2D eigenvalue weighted by Gasteiger charge is -2.64. The maximum atomic E-state index is 13.7. The van der Waals surface area contributed by atoms with Crippen molar-refractivity contribution in [2.75, 3.05) is 26.2 Å². The Kier molecular flexibility index (Phi) is 4.10. The Labute approximate surface area is 165 Å². The lowest BCUT2D eigenvalue weighted by atomic mass is 9.41. The van der Waals surface area contributed by atoms with Crippen molar-refractivity contribution >= 4 is 5.91 Å². The van der Waals surface area contributed by atoms with Gasteiger partial charge in [-0.3, -0.25) is 4.79 Å². The first-order chi connectivity index (χ1) is 12.9. The van der Waals surface area contributed by atoms with Crippen LogP contribution in [0.1, 0.15) is 71.6 Å². The van der Waals surface area contributed by atoms with E-state index in [0.29, 0.717) is 22.7 Å². The van der Waals surface area contributed by atoms with Crippen LogP contribution in [0.2, 0.25) is 0 Å². The summed E-state index contributed by atoms with van der Waals surface area (Å²) in [6, 6.07) is 0. The first-order valence-corrected chi connectivity index (χ1v) is 11.6. The zero-order chi connectivity index (χ0) is 18.9. The molecule has 0 unspecified atom stereocenters. The molecule has 3 heteroatoms. The normalized spacial score (nSPS) is 49.5. The van der Waals surface area contributed by atoms with Crippen molar-refractivity contribution in [3.05, 3.63) is 12.2 Å². The predicted octanol–water partition coefficient (Wildman–Crippen LogP) is 4.39. The molecule has 2 bridgehead atoms. The standard InChI is InChI=1S/C24H38N2O/c1-17-15-24-10-7-19-22(2,20(24)6-5-18(17)16-24)8-4-9-23(19,3)21(27)26-13-11-25-12-14-26/h18-20,25H,1,4-16H2,2-3H3/t18-,19+,20+,22-,23-,24-/m1/s1. The molecule has 5 fully saturated rings. The van der Waals surface area contributed by atoms with Gasteiger partial charge in [-0.25, -0.2) is 0 Å². The van der Waals surface area contributed by atoms with Gasteiger partial charge in [0.2, 0.25) is 5.91 Å². The van der Waals surface area contributed by atoms with E-state index in [1.54, 1.807) is 5.57 Å². The van der Waals surface area contributed by atoms with Gasteiger partial charge in [-0.05, 0) is 80.0 Å². The van der Waals surface area contributed by atoms with Gasteiger partial charge in [0.15, 0.2) is 0 Å². The first-order valence-electron chi connectivity index (χ1n) is 11.6. The summed E-state index contributed by atoms with van der Waals surface area (Å²) in [6.07, 6.45) is 11.7. The third kappa shape index (κ3) is 2.46. The zero-order valence-electron chi connectivity index (χ0n) is 17.5. The number of piperazine rings is 1. The van der Waals surface area contributed by atoms with Crippen LogP contribution in [0.25, 0.3) is 0 Å². The number of rotatable bonds is 1. The molecule has 3 nitrogen and oxygen atoms in total. The molecule has 4 aliphatic carbocycles. The predicted molar refractivity (Wildman–Crippen MR) is 109 cm³/mol. The average Bonchev–Trinajstić information content (AvgIpc) is 2.90. The minimum atomic E-state index is -0.140. The summed E-state index contributed by atoms with van der Waals surface area (Å²) >= 11 is 0. The Bertz CT molecular complexity index is 653. The third-order valence-electron chi connectivity index (χ3n) is 9.95. The molecule has 0 radical (unpaired) electrons. The van der Waals surface area contributed by atoms with Crippen molar-refractivity contribution in [2.24, 2.45) is 34.0 Å². The summed E-state index contributed by atoms with van der Waals surface area (Å²) in [5, 5.41) is 3.41. The van der Waals surface area contributed by atoms with Gasteiger partial charge in [0.1, 0.15) is 0 Å². The van der Waals surface area contributed by atoms with E-state index in [1.807, 2.05) is 0 Å². The fraction of sp³-hybridized carbons (Fsp3) is 0.875. The molecule has 27 heavy (non-hydrogen) atoms. The van der Waals surface area contributed by atoms with Crippen molar-refractivity contribution < 1.29 is 4.79 Å². The van der Waals surface area contributed by atoms with Crippen LogP contribution in [0, 0.1) is 34.0 Å². The summed E-state index contributed by atoms with van der Waals surface area (Å²) in [5.74, 6) is 2.66. The summed E-state index contributed by atoms with van der Waals surface area (Å²) in [4.78, 5) is 15.9. The van der Waals surface area contributed by atoms with E-state index in [2.05, 4.69) is 30.6 Å². The van der Waals surface area contributed by atoms with Crippen LogP contribution < -0.4 is 5.32 Å². The second kappa shape index (κ2) is 6.08. The number of nitrogens with zero attached hydrogens (tertiary/aromatic N) is 1. The molecule has 4 saturated carbocycles. The maximum Gasteiger partial charge on any atom is 0.228 e. The summed E-state index contributed by atoms with van der Waals surface area (Å²) in [7, 11) is 0. The number of allylic oxidation sites excluding steroid dienone is 1. The van der Waals surface area contributed by atoms with Gasteiger partial charge < -0.3 is 10.2 Å². The van der Waals surface area contributed by atoms with E-state index in [-0.39, 0.29) is 5.41 Å². The Morgan fingerprint density at radius 2 is 1.85 bits per heavy atom. The van der Waals surface area contributed by atoms with E-state index in [9.17, 15) is 4.79 Å². The van der Waals surface area contributed by atoms with Crippen molar-refractivity contribution in [1.82, 2.24) is 10.2 Å². The van der Waals surface area contributed by atoms with Gasteiger partial charge in [-0.1, -0.05) is 32.4 Å². The highest BCUT2D eigenvalue weighted by atomic mass is 16.2. The molecule has 1 N–H and O–H groups in total. The smallest absolute Gasteiger partial charge is 0.228 e. The fourth-order valence-corrected chi connectivity index (χ4v) is 8.84. The van der Waals surface area contributed by atoms with Crippen LogP contribution in [0.5, 0.6) is 0 Å². The molecule has 1 saturated heterocycles. The average molecular weight is 371 g/mol. The lowest BCUT2D eigenvalue weighted by Crippen LogP contribution is -2.61. The number of carbonyl (C=O) groups is 1. The second-order valence-corrected chi connectivity index (χ2v) is 11.1. The molecule has 1 heterocycles. The van der Waals surface area contributed by atoms with Crippen LogP contribution in [-0.2, 0) is 4.79 Å². The van der Waals surface area contributed by atoms with E-state index < -0.39 is 0 Å². The van der Waals surface area contributed by atoms with Crippen LogP contribution in [0.15, 0.2) is 12.2 Å². The van der Waals surface area contributed by atoms with Crippen LogP contribution in [0.3, 0.4) is 0 Å². The Morgan fingerprint density at radius 3 is 2.63 bits per heavy atom. The molecule has 1 amide bonds. The van der Waals surface area contributed by atoms with Crippen molar-refractivity contribution in [3.63, 3.8) is 0 Å². The van der Waals surface area contributed by atoms with Crippen LogP contribution in [-0.4, -0.2) is 37.0 Å². The van der Waals surface area contributed by atoms with E-state index in [1.165, 1.54) is 51.4 Å². The largest absolute Gasteiger partial charge is 0.340 e. The molecule has 6 atom stereocenters. The minimum absolute atomic E-state index is 0.140. The van der Waals surface area contributed by atoms with Crippen molar-refractivity contribution in [1.29, 1.82) is 0 Å². The number of amides is 1. The number of carbonyl (C=O) groups excluding carboxylic acids is 1. The van der Waals surface area contributed by atoms with Gasteiger partial charge in [-0.2, -0.15) is 0 Å². The van der Waals surface area contributed by atoms with Crippen molar-refractivity contribution in [3.8, 4) is 0 Å². The number of hydrogen-bond donors (Lipinski definition) is 1. The van der Waals surface area contributed by atoms with Gasteiger partial charge in [0.05, 0.1) is 0 Å². The molecule has 0 aromatic heterocycles. The maximum absolute atomic E-state index is 13.7. The zero-order valence-corrected chi connectivity index (χ0v) is 17.5. The molecule has 1 spiro atoms. The van der Waals surface area contributed by atoms with Crippen LogP contribution >= 0.6 is 0 Å². The van der Waals surface area contributed by atoms with Gasteiger partial charge in [0.25, 0.3) is 0 Å². The van der Waals surface area contributed by atoms with Crippen molar-refractivity contribution in [2.45, 2.75) is 71.6 Å². The van der Waals surface area contributed by atoms with Crippen LogP contribution in [0.4, 0.5) is 0 Å². The highest BCUT2D eigenvalue weighted by Crippen LogP contribution is 2.72. The number of hydrogen-bond acceptors (Lipinski definition) is 2. The molecular formula is C24H38N2O. The Hall–Kier alpha value is -0.830. The summed E-state index contributed by atoms with van der Waals surface area (Å²) in [5.41, 5.74) is 2.29. The topological polar surface area (TPSA) is 32.3 Å². The van der Waals surface area contributed by atoms with E-state index >= 15 is 0 Å². The molecule has 5 rings (SSSR count).